The molecule has 1 unspecified atom stereocenters. The molecule has 1 N–H and O–H groups in total. The molecule has 1 atom stereocenters. The molecule has 1 fully saturated rings. The maximum atomic E-state index is 12.8. The van der Waals surface area contributed by atoms with Crippen LogP contribution < -0.4 is 10.2 Å². The van der Waals surface area contributed by atoms with Gasteiger partial charge in [0, 0.05) is 17.8 Å². The highest BCUT2D eigenvalue weighted by molar-refractivity contribution is 5.97. The van der Waals surface area contributed by atoms with Crippen molar-refractivity contribution in [1.82, 2.24) is 10.2 Å². The molecule has 148 valence electrons. The highest BCUT2D eigenvalue weighted by atomic mass is 16.6. The number of anilines is 1. The molecule has 0 radical (unpaired) electrons. The lowest BCUT2D eigenvalue weighted by Gasteiger charge is -2.30. The van der Waals surface area contributed by atoms with Gasteiger partial charge in [0.25, 0.3) is 5.91 Å². The first-order valence-corrected chi connectivity index (χ1v) is 9.75. The number of nitrogens with one attached hydrogen (secondary N) is 1. The molecule has 1 saturated heterocycles. The molecule has 1 heterocycles. The number of carbonyl (C=O) groups excluding carboxylic acids is 2. The molecule has 6 heteroatoms. The maximum Gasteiger partial charge on any atom is 0.414 e. The van der Waals surface area contributed by atoms with Crippen molar-refractivity contribution in [1.29, 1.82) is 0 Å². The summed E-state index contributed by atoms with van der Waals surface area (Å²) in [6.45, 7) is 7.44. The van der Waals surface area contributed by atoms with E-state index in [1.807, 2.05) is 24.3 Å². The van der Waals surface area contributed by atoms with E-state index >= 15 is 0 Å². The SMILES string of the molecule is CCN(CC)C(CNC(=O)c1cccc(N2CCOC2=O)c1)c1ccccc1. The van der Waals surface area contributed by atoms with Gasteiger partial charge in [0.05, 0.1) is 12.6 Å². The number of rotatable bonds is 8. The minimum atomic E-state index is -0.372. The number of cyclic esters (lactones) is 1. The van der Waals surface area contributed by atoms with Gasteiger partial charge in [-0.2, -0.15) is 0 Å². The van der Waals surface area contributed by atoms with Crippen molar-refractivity contribution >= 4 is 17.7 Å². The molecule has 0 saturated carbocycles. The Morgan fingerprint density at radius 3 is 2.54 bits per heavy atom. The molecular formula is C22H27N3O3. The Morgan fingerprint density at radius 1 is 1.14 bits per heavy atom. The molecule has 6 nitrogen and oxygen atoms in total. The van der Waals surface area contributed by atoms with Gasteiger partial charge >= 0.3 is 6.09 Å². The van der Waals surface area contributed by atoms with E-state index in [0.717, 1.165) is 13.1 Å². The molecule has 0 spiro atoms. The molecule has 28 heavy (non-hydrogen) atoms. The second kappa shape index (κ2) is 9.37. The number of hydrogen-bond acceptors (Lipinski definition) is 4. The third-order valence-corrected chi connectivity index (χ3v) is 5.07. The largest absolute Gasteiger partial charge is 0.447 e. The van der Waals surface area contributed by atoms with Crippen LogP contribution in [0.25, 0.3) is 0 Å². The number of hydrogen-bond donors (Lipinski definition) is 1. The second-order valence-electron chi connectivity index (χ2n) is 6.67. The van der Waals surface area contributed by atoms with E-state index < -0.39 is 0 Å². The summed E-state index contributed by atoms with van der Waals surface area (Å²) in [5, 5.41) is 3.06. The van der Waals surface area contributed by atoms with Crippen molar-refractivity contribution in [2.75, 3.05) is 37.7 Å². The number of nitrogens with zero attached hydrogens (tertiary/aromatic N) is 2. The van der Waals surface area contributed by atoms with Crippen LogP contribution in [0.3, 0.4) is 0 Å². The predicted octanol–water partition coefficient (Wildman–Crippen LogP) is 3.46. The van der Waals surface area contributed by atoms with E-state index in [4.69, 9.17) is 4.74 Å². The Labute approximate surface area is 166 Å². The van der Waals surface area contributed by atoms with Crippen LogP contribution in [0.5, 0.6) is 0 Å². The average molecular weight is 381 g/mol. The van der Waals surface area contributed by atoms with Crippen molar-refractivity contribution in [2.24, 2.45) is 0 Å². The molecule has 1 aliphatic heterocycles. The quantitative estimate of drug-likeness (QED) is 0.761. The molecule has 2 amide bonds. The smallest absolute Gasteiger partial charge is 0.414 e. The van der Waals surface area contributed by atoms with Crippen LogP contribution in [0.1, 0.15) is 35.8 Å². The third-order valence-electron chi connectivity index (χ3n) is 5.07. The highest BCUT2D eigenvalue weighted by Crippen LogP contribution is 2.21. The van der Waals surface area contributed by atoms with Gasteiger partial charge in [-0.15, -0.1) is 0 Å². The van der Waals surface area contributed by atoms with E-state index in [2.05, 4.69) is 36.2 Å². The summed E-state index contributed by atoms with van der Waals surface area (Å²) in [6.07, 6.45) is -0.372. The predicted molar refractivity (Wildman–Crippen MR) is 110 cm³/mol. The van der Waals surface area contributed by atoms with Crippen molar-refractivity contribution < 1.29 is 14.3 Å². The minimum Gasteiger partial charge on any atom is -0.447 e. The van der Waals surface area contributed by atoms with Gasteiger partial charge in [-0.3, -0.25) is 14.6 Å². The monoisotopic (exact) mass is 381 g/mol. The van der Waals surface area contributed by atoms with Gasteiger partial charge in [-0.1, -0.05) is 50.2 Å². The number of benzene rings is 2. The summed E-state index contributed by atoms with van der Waals surface area (Å²) in [7, 11) is 0. The van der Waals surface area contributed by atoms with E-state index in [-0.39, 0.29) is 18.0 Å². The van der Waals surface area contributed by atoms with Crippen LogP contribution in [0.15, 0.2) is 54.6 Å². The zero-order valence-electron chi connectivity index (χ0n) is 16.4. The molecule has 0 bridgehead atoms. The summed E-state index contributed by atoms with van der Waals surface area (Å²) in [4.78, 5) is 28.4. The summed E-state index contributed by atoms with van der Waals surface area (Å²) in [5.41, 5.74) is 2.39. The van der Waals surface area contributed by atoms with E-state index in [9.17, 15) is 9.59 Å². The topological polar surface area (TPSA) is 61.9 Å². The summed E-state index contributed by atoms with van der Waals surface area (Å²) in [5.74, 6) is -0.150. The lowest BCUT2D eigenvalue weighted by Crippen LogP contribution is -2.38. The molecule has 2 aromatic rings. The summed E-state index contributed by atoms with van der Waals surface area (Å²) >= 11 is 0. The van der Waals surface area contributed by atoms with Gasteiger partial charge in [-0.05, 0) is 36.9 Å². The van der Waals surface area contributed by atoms with Gasteiger partial charge in [0.1, 0.15) is 6.61 Å². The molecular weight excluding hydrogens is 354 g/mol. The zero-order chi connectivity index (χ0) is 19.9. The van der Waals surface area contributed by atoms with Gasteiger partial charge in [0.2, 0.25) is 0 Å². The van der Waals surface area contributed by atoms with Gasteiger partial charge in [0.15, 0.2) is 0 Å². The summed E-state index contributed by atoms with van der Waals surface area (Å²) in [6, 6.07) is 17.4. The zero-order valence-corrected chi connectivity index (χ0v) is 16.4. The first-order valence-electron chi connectivity index (χ1n) is 9.75. The van der Waals surface area contributed by atoms with Crippen molar-refractivity contribution in [3.8, 4) is 0 Å². The Balaban J connectivity index is 1.72. The van der Waals surface area contributed by atoms with Crippen molar-refractivity contribution in [3.63, 3.8) is 0 Å². The molecule has 0 aromatic heterocycles. The number of amides is 2. The second-order valence-corrected chi connectivity index (χ2v) is 6.67. The van der Waals surface area contributed by atoms with Gasteiger partial charge in [-0.25, -0.2) is 4.79 Å². The number of ether oxygens (including phenoxy) is 1. The Morgan fingerprint density at radius 2 is 1.89 bits per heavy atom. The first-order chi connectivity index (χ1) is 13.6. The van der Waals surface area contributed by atoms with Crippen LogP contribution >= 0.6 is 0 Å². The lowest BCUT2D eigenvalue weighted by molar-refractivity contribution is 0.0935. The highest BCUT2D eigenvalue weighted by Gasteiger charge is 2.24. The Hall–Kier alpha value is -2.86. The fraction of sp³-hybridized carbons (Fsp3) is 0.364. The summed E-state index contributed by atoms with van der Waals surface area (Å²) < 4.78 is 4.98. The van der Waals surface area contributed by atoms with E-state index in [1.165, 1.54) is 5.56 Å². The number of likely N-dealkylation sites (N-methyl/N-ethyl adjacent to an activating group) is 1. The van der Waals surface area contributed by atoms with E-state index in [0.29, 0.717) is 30.9 Å². The van der Waals surface area contributed by atoms with Crippen LogP contribution in [0.4, 0.5) is 10.5 Å². The van der Waals surface area contributed by atoms with Crippen molar-refractivity contribution in [3.05, 3.63) is 65.7 Å². The van der Waals surface area contributed by atoms with Gasteiger partial charge < -0.3 is 10.1 Å². The van der Waals surface area contributed by atoms with Crippen LogP contribution in [-0.2, 0) is 4.74 Å². The van der Waals surface area contributed by atoms with Crippen LogP contribution in [0, 0.1) is 0 Å². The average Bonchev–Trinajstić information content (AvgIpc) is 3.17. The normalized spacial score (nSPS) is 14.8. The molecule has 1 aliphatic rings. The Kier molecular flexibility index (Phi) is 6.66. The molecule has 0 aliphatic carbocycles. The fourth-order valence-corrected chi connectivity index (χ4v) is 3.53. The standard InChI is InChI=1S/C22H27N3O3/c1-3-24(4-2)20(17-9-6-5-7-10-17)16-23-21(26)18-11-8-12-19(15-18)25-13-14-28-22(25)27/h5-12,15,20H,3-4,13-14,16H2,1-2H3,(H,23,26). The third kappa shape index (κ3) is 4.51. The lowest BCUT2D eigenvalue weighted by atomic mass is 10.0. The van der Waals surface area contributed by atoms with Crippen LogP contribution in [0.2, 0.25) is 0 Å². The number of carbonyl (C=O) groups is 2. The minimum absolute atomic E-state index is 0.108. The molecule has 3 rings (SSSR count). The Bertz CT molecular complexity index is 806. The first kappa shape index (κ1) is 19.9. The maximum absolute atomic E-state index is 12.8. The van der Waals surface area contributed by atoms with Crippen molar-refractivity contribution in [2.45, 2.75) is 19.9 Å². The molecule has 2 aromatic carbocycles. The van der Waals surface area contributed by atoms with Crippen LogP contribution in [-0.4, -0.2) is 49.7 Å². The van der Waals surface area contributed by atoms with E-state index in [1.54, 1.807) is 23.1 Å². The fourth-order valence-electron chi connectivity index (χ4n) is 3.53.